The largest absolute Gasteiger partial charge is 0.537 e. The monoisotopic (exact) mass is 268 g/mol. The van der Waals surface area contributed by atoms with E-state index in [4.69, 9.17) is 0 Å². The summed E-state index contributed by atoms with van der Waals surface area (Å²) in [6.07, 6.45) is -4.67. The SMILES string of the molecule is O=S(=O)(CCCc1ccccc1)OC(F)(F)F. The van der Waals surface area contributed by atoms with Gasteiger partial charge in [0.1, 0.15) is 0 Å². The van der Waals surface area contributed by atoms with Gasteiger partial charge in [0.15, 0.2) is 0 Å². The molecule has 17 heavy (non-hydrogen) atoms. The van der Waals surface area contributed by atoms with Crippen molar-refractivity contribution in [1.29, 1.82) is 0 Å². The highest BCUT2D eigenvalue weighted by atomic mass is 32.2. The molecule has 0 N–H and O–H groups in total. The molecule has 0 saturated carbocycles. The predicted octanol–water partition coefficient (Wildman–Crippen LogP) is 2.49. The first kappa shape index (κ1) is 14.0. The first-order valence-corrected chi connectivity index (χ1v) is 6.40. The minimum atomic E-state index is -5.15. The van der Waals surface area contributed by atoms with Gasteiger partial charge < -0.3 is 0 Å². The zero-order chi connectivity index (χ0) is 12.9. The molecule has 96 valence electrons. The zero-order valence-electron chi connectivity index (χ0n) is 8.77. The van der Waals surface area contributed by atoms with Crippen molar-refractivity contribution in [3.05, 3.63) is 35.9 Å². The van der Waals surface area contributed by atoms with Gasteiger partial charge in [-0.25, -0.2) is 0 Å². The Kier molecular flexibility index (Phi) is 4.53. The molecule has 0 fully saturated rings. The van der Waals surface area contributed by atoms with E-state index in [0.717, 1.165) is 5.56 Å². The maximum Gasteiger partial charge on any atom is 0.537 e. The molecule has 0 aliphatic rings. The van der Waals surface area contributed by atoms with Crippen molar-refractivity contribution in [2.75, 3.05) is 5.75 Å². The van der Waals surface area contributed by atoms with Gasteiger partial charge in [-0.05, 0) is 18.4 Å². The molecule has 0 unspecified atom stereocenters. The topological polar surface area (TPSA) is 43.4 Å². The fourth-order valence-corrected chi connectivity index (χ4v) is 2.15. The first-order valence-electron chi connectivity index (χ1n) is 4.82. The number of aryl methyl sites for hydroxylation is 1. The van der Waals surface area contributed by atoms with E-state index in [-0.39, 0.29) is 6.42 Å². The first-order chi connectivity index (χ1) is 7.79. The van der Waals surface area contributed by atoms with Crippen LogP contribution in [0.4, 0.5) is 13.2 Å². The van der Waals surface area contributed by atoms with Crippen LogP contribution in [0, 0.1) is 0 Å². The molecule has 0 heterocycles. The molecule has 1 aromatic carbocycles. The van der Waals surface area contributed by atoms with Crippen LogP contribution < -0.4 is 0 Å². The van der Waals surface area contributed by atoms with Crippen LogP contribution in [0.2, 0.25) is 0 Å². The molecule has 1 rings (SSSR count). The van der Waals surface area contributed by atoms with Gasteiger partial charge in [0.05, 0.1) is 5.75 Å². The summed E-state index contributed by atoms with van der Waals surface area (Å²) in [5, 5.41) is 0. The maximum absolute atomic E-state index is 11.7. The van der Waals surface area contributed by atoms with Crippen molar-refractivity contribution in [2.24, 2.45) is 0 Å². The molecular weight excluding hydrogens is 257 g/mol. The van der Waals surface area contributed by atoms with Gasteiger partial charge in [-0.2, -0.15) is 12.6 Å². The second-order valence-electron chi connectivity index (χ2n) is 3.38. The van der Waals surface area contributed by atoms with Crippen molar-refractivity contribution in [2.45, 2.75) is 19.2 Å². The predicted molar refractivity (Wildman–Crippen MR) is 55.7 cm³/mol. The van der Waals surface area contributed by atoms with Gasteiger partial charge in [-0.3, -0.25) is 0 Å². The van der Waals surface area contributed by atoms with Crippen LogP contribution in [0.25, 0.3) is 0 Å². The molecule has 3 nitrogen and oxygen atoms in total. The Morgan fingerprint density at radius 3 is 2.24 bits per heavy atom. The number of rotatable bonds is 5. The fourth-order valence-electron chi connectivity index (χ4n) is 1.28. The quantitative estimate of drug-likeness (QED) is 0.770. The Hall–Kier alpha value is -1.08. The minimum absolute atomic E-state index is 0.0857. The van der Waals surface area contributed by atoms with Crippen LogP contribution in [0.1, 0.15) is 12.0 Å². The summed E-state index contributed by atoms with van der Waals surface area (Å²) < 4.78 is 59.9. The highest BCUT2D eigenvalue weighted by Gasteiger charge is 2.36. The van der Waals surface area contributed by atoms with E-state index < -0.39 is 22.2 Å². The van der Waals surface area contributed by atoms with Gasteiger partial charge in [0.25, 0.3) is 10.1 Å². The van der Waals surface area contributed by atoms with Crippen LogP contribution in [0.5, 0.6) is 0 Å². The van der Waals surface area contributed by atoms with Gasteiger partial charge in [0.2, 0.25) is 0 Å². The second-order valence-corrected chi connectivity index (χ2v) is 5.07. The van der Waals surface area contributed by atoms with Crippen molar-refractivity contribution >= 4 is 10.1 Å². The fraction of sp³-hybridized carbons (Fsp3) is 0.400. The van der Waals surface area contributed by atoms with Gasteiger partial charge in [-0.1, -0.05) is 30.3 Å². The molecule has 1 aromatic rings. The Bertz CT molecular complexity index is 440. The summed E-state index contributed by atoms with van der Waals surface area (Å²) in [5.74, 6) is -0.651. The molecule has 0 amide bonds. The lowest BCUT2D eigenvalue weighted by Crippen LogP contribution is -2.22. The van der Waals surface area contributed by atoms with E-state index in [1.54, 1.807) is 30.3 Å². The lowest BCUT2D eigenvalue weighted by Gasteiger charge is -2.07. The Morgan fingerprint density at radius 2 is 1.71 bits per heavy atom. The molecule has 0 saturated heterocycles. The van der Waals surface area contributed by atoms with Crippen LogP contribution in [0.15, 0.2) is 30.3 Å². The summed E-state index contributed by atoms with van der Waals surface area (Å²) in [6, 6.07) is 8.90. The van der Waals surface area contributed by atoms with E-state index in [0.29, 0.717) is 6.42 Å². The molecular formula is C10H11F3O3S. The molecule has 0 atom stereocenters. The third-order valence-corrected chi connectivity index (χ3v) is 3.16. The van der Waals surface area contributed by atoms with Crippen molar-refractivity contribution in [3.63, 3.8) is 0 Å². The molecule has 0 aliphatic carbocycles. The van der Waals surface area contributed by atoms with E-state index in [1.807, 2.05) is 0 Å². The number of halogens is 3. The molecule has 0 bridgehead atoms. The van der Waals surface area contributed by atoms with Gasteiger partial charge >= 0.3 is 6.36 Å². The number of alkyl halides is 3. The normalized spacial score (nSPS) is 12.6. The maximum atomic E-state index is 11.7. The summed E-state index contributed by atoms with van der Waals surface area (Å²) in [6.45, 7) is 0. The van der Waals surface area contributed by atoms with E-state index in [9.17, 15) is 21.6 Å². The summed E-state index contributed by atoms with van der Waals surface area (Å²) in [5.41, 5.74) is 0.870. The number of hydrogen-bond donors (Lipinski definition) is 0. The number of hydrogen-bond acceptors (Lipinski definition) is 3. The third kappa shape index (κ3) is 6.28. The van der Waals surface area contributed by atoms with E-state index >= 15 is 0 Å². The van der Waals surface area contributed by atoms with Crippen LogP contribution in [-0.4, -0.2) is 20.5 Å². The van der Waals surface area contributed by atoms with Gasteiger partial charge in [0, 0.05) is 0 Å². The summed E-state index contributed by atoms with van der Waals surface area (Å²) in [7, 11) is -4.53. The third-order valence-electron chi connectivity index (χ3n) is 1.92. The smallest absolute Gasteiger partial charge is 0.199 e. The highest BCUT2D eigenvalue weighted by Crippen LogP contribution is 2.20. The molecule has 0 spiro atoms. The average molecular weight is 268 g/mol. The summed E-state index contributed by atoms with van der Waals surface area (Å²) >= 11 is 0. The van der Waals surface area contributed by atoms with Crippen molar-refractivity contribution < 1.29 is 25.8 Å². The molecule has 0 aliphatic heterocycles. The minimum Gasteiger partial charge on any atom is -0.199 e. The van der Waals surface area contributed by atoms with Crippen LogP contribution in [0.3, 0.4) is 0 Å². The Balaban J connectivity index is 2.41. The zero-order valence-corrected chi connectivity index (χ0v) is 9.59. The highest BCUT2D eigenvalue weighted by molar-refractivity contribution is 7.86. The average Bonchev–Trinajstić information content (AvgIpc) is 2.15. The lowest BCUT2D eigenvalue weighted by atomic mass is 10.1. The van der Waals surface area contributed by atoms with E-state index in [2.05, 4.69) is 4.18 Å². The van der Waals surface area contributed by atoms with Gasteiger partial charge in [-0.15, -0.1) is 13.2 Å². The Labute approximate surface area is 97.3 Å². The van der Waals surface area contributed by atoms with Crippen LogP contribution >= 0.6 is 0 Å². The van der Waals surface area contributed by atoms with Crippen molar-refractivity contribution in [3.8, 4) is 0 Å². The number of benzene rings is 1. The lowest BCUT2D eigenvalue weighted by molar-refractivity contribution is -0.271. The van der Waals surface area contributed by atoms with E-state index in [1.165, 1.54) is 0 Å². The second kappa shape index (κ2) is 5.50. The summed E-state index contributed by atoms with van der Waals surface area (Å²) in [4.78, 5) is 0. The standard InChI is InChI=1S/C10H11F3O3S/c11-10(12,13)16-17(14,15)8-4-7-9-5-2-1-3-6-9/h1-3,5-6H,4,7-8H2. The molecule has 7 heteroatoms. The molecule has 0 aromatic heterocycles. The van der Waals surface area contributed by atoms with Crippen molar-refractivity contribution in [1.82, 2.24) is 0 Å². The Morgan fingerprint density at radius 1 is 1.12 bits per heavy atom. The van der Waals surface area contributed by atoms with Crippen LogP contribution in [-0.2, 0) is 20.7 Å². The molecule has 0 radical (unpaired) electrons.